The van der Waals surface area contributed by atoms with E-state index < -0.39 is 51.6 Å². The average Bonchev–Trinajstić information content (AvgIpc) is 3.02. The Morgan fingerprint density at radius 2 is 1.65 bits per heavy atom. The quantitative estimate of drug-likeness (QED) is 0.171. The van der Waals surface area contributed by atoms with E-state index in [1.165, 1.54) is 29.9 Å². The lowest BCUT2D eigenvalue weighted by molar-refractivity contribution is -0.113. The second kappa shape index (κ2) is 14.4. The van der Waals surface area contributed by atoms with Crippen molar-refractivity contribution in [1.29, 1.82) is 0 Å². The Labute approximate surface area is 280 Å². The molecular formula is C33H33BF2N6O5S. The molecule has 0 saturated carbocycles. The molecule has 15 heteroatoms. The summed E-state index contributed by atoms with van der Waals surface area (Å²) in [5.74, 6) is -3.26. The molecule has 248 valence electrons. The van der Waals surface area contributed by atoms with Crippen molar-refractivity contribution in [2.45, 2.75) is 57.5 Å². The summed E-state index contributed by atoms with van der Waals surface area (Å²) in [6, 6.07) is 9.57. The summed E-state index contributed by atoms with van der Waals surface area (Å²) < 4.78 is 34.9. The molecule has 2 aromatic heterocycles. The first-order valence-electron chi connectivity index (χ1n) is 14.7. The number of amides is 2. The van der Waals surface area contributed by atoms with Gasteiger partial charge in [0.25, 0.3) is 17.4 Å². The SMILES string of the molecule is [B]C(=O)[C@H](Cc1ccc(-n2c(=O)c(C)c(C)n(C)c2=O)nc1)NC(=O)c1cc(F)c(NSc2ccc(C(=O)NC(C)(C)C)cc2)cc1F. The molecule has 2 heterocycles. The van der Waals surface area contributed by atoms with Crippen molar-refractivity contribution < 1.29 is 23.2 Å². The predicted octanol–water partition coefficient (Wildman–Crippen LogP) is 3.51. The van der Waals surface area contributed by atoms with Gasteiger partial charge in [-0.1, -0.05) is 6.07 Å². The zero-order valence-corrected chi connectivity index (χ0v) is 27.9. The largest absolute Gasteiger partial charge is 0.347 e. The van der Waals surface area contributed by atoms with Crippen LogP contribution in [0.1, 0.15) is 58.3 Å². The number of carbonyl (C=O) groups is 3. The smallest absolute Gasteiger partial charge is 0.336 e. The molecule has 3 N–H and O–H groups in total. The van der Waals surface area contributed by atoms with Gasteiger partial charge in [-0.2, -0.15) is 0 Å². The Hall–Kier alpha value is -5.05. The first-order valence-corrected chi connectivity index (χ1v) is 15.5. The van der Waals surface area contributed by atoms with Crippen molar-refractivity contribution in [3.8, 4) is 5.82 Å². The maximum Gasteiger partial charge on any atom is 0.336 e. The summed E-state index contributed by atoms with van der Waals surface area (Å²) in [6.45, 7) is 8.83. The Kier molecular flexibility index (Phi) is 10.7. The van der Waals surface area contributed by atoms with E-state index in [1.54, 1.807) is 38.1 Å². The van der Waals surface area contributed by atoms with E-state index in [0.29, 0.717) is 33.3 Å². The van der Waals surface area contributed by atoms with Gasteiger partial charge in [-0.3, -0.25) is 14.4 Å². The molecule has 0 bridgehead atoms. The highest BCUT2D eigenvalue weighted by atomic mass is 32.2. The molecule has 0 fully saturated rings. The average molecular weight is 675 g/mol. The zero-order valence-electron chi connectivity index (χ0n) is 27.1. The summed E-state index contributed by atoms with van der Waals surface area (Å²) in [7, 11) is 7.02. The fourth-order valence-electron chi connectivity index (χ4n) is 4.52. The van der Waals surface area contributed by atoms with Crippen LogP contribution in [0.3, 0.4) is 0 Å². The van der Waals surface area contributed by atoms with E-state index in [0.717, 1.165) is 22.6 Å². The van der Waals surface area contributed by atoms with E-state index in [9.17, 15) is 28.4 Å². The molecule has 1 atom stereocenters. The summed E-state index contributed by atoms with van der Waals surface area (Å²) in [6.07, 6.45) is 1.15. The lowest BCUT2D eigenvalue weighted by atomic mass is 9.90. The number of anilines is 1. The number of carbonyl (C=O) groups excluding carboxylic acids is 3. The molecule has 11 nitrogen and oxygen atoms in total. The van der Waals surface area contributed by atoms with Crippen LogP contribution in [0.15, 0.2) is 69.2 Å². The van der Waals surface area contributed by atoms with Gasteiger partial charge in [0.2, 0.25) is 0 Å². The van der Waals surface area contributed by atoms with Gasteiger partial charge in [-0.25, -0.2) is 23.1 Å². The normalized spacial score (nSPS) is 11.9. The van der Waals surface area contributed by atoms with Gasteiger partial charge in [0.1, 0.15) is 17.5 Å². The van der Waals surface area contributed by atoms with Gasteiger partial charge < -0.3 is 24.7 Å². The van der Waals surface area contributed by atoms with Gasteiger partial charge in [-0.15, -0.1) is 0 Å². The minimum Gasteiger partial charge on any atom is -0.347 e. The highest BCUT2D eigenvalue weighted by molar-refractivity contribution is 8.00. The number of benzene rings is 2. The van der Waals surface area contributed by atoms with E-state index >= 15 is 4.39 Å². The van der Waals surface area contributed by atoms with Gasteiger partial charge in [0.05, 0.1) is 23.0 Å². The number of aromatic nitrogens is 3. The molecule has 0 unspecified atom stereocenters. The molecule has 0 aliphatic carbocycles. The maximum atomic E-state index is 15.0. The van der Waals surface area contributed by atoms with Crippen molar-refractivity contribution in [2.24, 2.45) is 7.05 Å². The summed E-state index contributed by atoms with van der Waals surface area (Å²) in [4.78, 5) is 67.7. The highest BCUT2D eigenvalue weighted by Crippen LogP contribution is 2.26. The molecule has 4 aromatic rings. The molecule has 2 amide bonds. The predicted molar refractivity (Wildman–Crippen MR) is 180 cm³/mol. The zero-order chi connectivity index (χ0) is 35.5. The minimum absolute atomic E-state index is 0.0528. The van der Waals surface area contributed by atoms with Crippen LogP contribution in [0.25, 0.3) is 5.82 Å². The van der Waals surface area contributed by atoms with E-state index in [4.69, 9.17) is 7.85 Å². The summed E-state index contributed by atoms with van der Waals surface area (Å²) in [5, 5.41) is 5.18. The van der Waals surface area contributed by atoms with E-state index in [-0.39, 0.29) is 23.8 Å². The summed E-state index contributed by atoms with van der Waals surface area (Å²) in [5.41, 5.74) is -1.61. The Balaban J connectivity index is 1.43. The molecule has 48 heavy (non-hydrogen) atoms. The molecular weight excluding hydrogens is 641 g/mol. The second-order valence-electron chi connectivity index (χ2n) is 12.1. The number of nitrogens with one attached hydrogen (secondary N) is 3. The molecule has 2 aromatic carbocycles. The number of rotatable bonds is 10. The molecule has 2 radical (unpaired) electrons. The van der Waals surface area contributed by atoms with Crippen molar-refractivity contribution in [2.75, 3.05) is 4.72 Å². The Morgan fingerprint density at radius 1 is 0.979 bits per heavy atom. The van der Waals surface area contributed by atoms with Crippen molar-refractivity contribution in [3.05, 3.63) is 115 Å². The van der Waals surface area contributed by atoms with Crippen molar-refractivity contribution >= 4 is 43.0 Å². The van der Waals surface area contributed by atoms with Crippen LogP contribution in [0.5, 0.6) is 0 Å². The number of hydrogen-bond donors (Lipinski definition) is 3. The molecule has 0 spiro atoms. The molecule has 0 aliphatic heterocycles. The number of halogens is 2. The number of hydrogen-bond acceptors (Lipinski definition) is 8. The molecule has 0 aliphatic rings. The fourth-order valence-corrected chi connectivity index (χ4v) is 5.18. The Morgan fingerprint density at radius 3 is 2.23 bits per heavy atom. The molecule has 4 rings (SSSR count). The van der Waals surface area contributed by atoms with Gasteiger partial charge >= 0.3 is 5.69 Å². The minimum atomic E-state index is -1.33. The van der Waals surface area contributed by atoms with Gasteiger partial charge in [0.15, 0.2) is 7.85 Å². The van der Waals surface area contributed by atoms with Crippen LogP contribution in [-0.4, -0.2) is 51.0 Å². The van der Waals surface area contributed by atoms with Crippen LogP contribution in [0, 0.1) is 25.5 Å². The van der Waals surface area contributed by atoms with Crippen LogP contribution in [0.2, 0.25) is 0 Å². The van der Waals surface area contributed by atoms with Crippen LogP contribution >= 0.6 is 11.9 Å². The topological polar surface area (TPSA) is 144 Å². The maximum absolute atomic E-state index is 15.0. The van der Waals surface area contributed by atoms with E-state index in [2.05, 4.69) is 20.3 Å². The number of pyridine rings is 1. The molecule has 0 saturated heterocycles. The lowest BCUT2D eigenvalue weighted by Crippen LogP contribution is -2.43. The van der Waals surface area contributed by atoms with Crippen LogP contribution in [0.4, 0.5) is 14.5 Å². The van der Waals surface area contributed by atoms with E-state index in [1.807, 2.05) is 20.8 Å². The van der Waals surface area contributed by atoms with Gasteiger partial charge in [-0.05, 0) is 88.5 Å². The number of nitrogens with zero attached hydrogens (tertiary/aromatic N) is 3. The second-order valence-corrected chi connectivity index (χ2v) is 13.0. The summed E-state index contributed by atoms with van der Waals surface area (Å²) >= 11 is 0.970. The highest BCUT2D eigenvalue weighted by Gasteiger charge is 2.23. The van der Waals surface area contributed by atoms with Crippen LogP contribution in [-0.2, 0) is 18.3 Å². The third-order valence-corrected chi connectivity index (χ3v) is 8.19. The van der Waals surface area contributed by atoms with Crippen molar-refractivity contribution in [3.63, 3.8) is 0 Å². The fraction of sp³-hybridized carbons (Fsp3) is 0.273. The third kappa shape index (κ3) is 8.26. The lowest BCUT2D eigenvalue weighted by Gasteiger charge is -2.20. The monoisotopic (exact) mass is 674 g/mol. The standard InChI is InChI=1S/C33H33BF2N6O5S/c1-17-18(2)41(6)32(47)42(31(17)46)27-12-7-19(16-37-27)13-26(28(34)43)38-30(45)22-14-24(36)25(15-23(22)35)40-48-21-10-8-20(9-11-21)29(44)39-33(3,4)5/h7-12,14-16,26,40H,13H2,1-6H3,(H,38,45)(H,39,44)/t26-/m0/s1. The first kappa shape index (κ1) is 35.8. The van der Waals surface area contributed by atoms with Gasteiger partial charge in [0, 0.05) is 53.0 Å². The Bertz CT molecular complexity index is 1970. The first-order chi connectivity index (χ1) is 22.5. The van der Waals surface area contributed by atoms with Crippen LogP contribution < -0.4 is 26.6 Å². The van der Waals surface area contributed by atoms with Crippen molar-refractivity contribution in [1.82, 2.24) is 24.8 Å². The third-order valence-electron chi connectivity index (χ3n) is 7.36.